The maximum absolute atomic E-state index is 12.4. The van der Waals surface area contributed by atoms with E-state index in [0.717, 1.165) is 0 Å². The summed E-state index contributed by atoms with van der Waals surface area (Å²) in [4.78, 5) is 13.8. The van der Waals surface area contributed by atoms with Gasteiger partial charge in [0, 0.05) is 18.7 Å². The van der Waals surface area contributed by atoms with Gasteiger partial charge >= 0.3 is 0 Å². The van der Waals surface area contributed by atoms with Crippen LogP contribution in [0.3, 0.4) is 0 Å². The molecule has 0 unspecified atom stereocenters. The van der Waals surface area contributed by atoms with Gasteiger partial charge in [0.25, 0.3) is 5.91 Å². The topological polar surface area (TPSA) is 70.0 Å². The van der Waals surface area contributed by atoms with Crippen molar-refractivity contribution in [3.8, 4) is 17.2 Å². The molecule has 0 aliphatic heterocycles. The maximum Gasteiger partial charge on any atom is 0.258 e. The van der Waals surface area contributed by atoms with Gasteiger partial charge in [-0.25, -0.2) is 0 Å². The molecule has 104 valence electrons. The summed E-state index contributed by atoms with van der Waals surface area (Å²) in [5.41, 5.74) is 0.790. The molecule has 0 aromatic heterocycles. The number of carbonyl (C=O) groups excluding carboxylic acids is 1. The highest BCUT2D eigenvalue weighted by Crippen LogP contribution is 2.29. The number of para-hydroxylation sites is 2. The van der Waals surface area contributed by atoms with Crippen molar-refractivity contribution in [1.29, 1.82) is 0 Å². The van der Waals surface area contributed by atoms with E-state index in [1.807, 2.05) is 0 Å². The number of phenolic OH excluding ortho intramolecular Hbond substituents is 2. The summed E-state index contributed by atoms with van der Waals surface area (Å²) in [6.45, 7) is 0. The van der Waals surface area contributed by atoms with Crippen LogP contribution >= 0.6 is 0 Å². The van der Waals surface area contributed by atoms with Gasteiger partial charge < -0.3 is 19.8 Å². The predicted octanol–water partition coefficient (Wildman–Crippen LogP) is 2.38. The Morgan fingerprint density at radius 3 is 2.30 bits per heavy atom. The number of aromatic hydroxyl groups is 2. The van der Waals surface area contributed by atoms with Crippen molar-refractivity contribution in [2.45, 2.75) is 0 Å². The van der Waals surface area contributed by atoms with E-state index in [4.69, 9.17) is 4.74 Å². The molecule has 20 heavy (non-hydrogen) atoms. The van der Waals surface area contributed by atoms with Crippen molar-refractivity contribution in [3.63, 3.8) is 0 Å². The smallest absolute Gasteiger partial charge is 0.258 e. The Hall–Kier alpha value is -2.69. The van der Waals surface area contributed by atoms with E-state index in [1.54, 1.807) is 31.3 Å². The Morgan fingerprint density at radius 1 is 1.10 bits per heavy atom. The summed E-state index contributed by atoms with van der Waals surface area (Å²) in [6.07, 6.45) is 0. The highest BCUT2D eigenvalue weighted by molar-refractivity contribution is 6.06. The molecule has 5 nitrogen and oxygen atoms in total. The van der Waals surface area contributed by atoms with Crippen LogP contribution in [0.1, 0.15) is 10.4 Å². The summed E-state index contributed by atoms with van der Waals surface area (Å²) >= 11 is 0. The fourth-order valence-corrected chi connectivity index (χ4v) is 1.93. The van der Waals surface area contributed by atoms with E-state index in [1.165, 1.54) is 30.2 Å². The van der Waals surface area contributed by atoms with Crippen molar-refractivity contribution < 1.29 is 19.7 Å². The first-order chi connectivity index (χ1) is 9.52. The Balaban J connectivity index is 2.37. The first-order valence-corrected chi connectivity index (χ1v) is 5.97. The fraction of sp³-hybridized carbons (Fsp3) is 0.133. The van der Waals surface area contributed by atoms with Gasteiger partial charge in [0.05, 0.1) is 12.8 Å². The van der Waals surface area contributed by atoms with Crippen molar-refractivity contribution in [1.82, 2.24) is 0 Å². The second-order valence-corrected chi connectivity index (χ2v) is 4.27. The molecule has 0 saturated heterocycles. The van der Waals surface area contributed by atoms with E-state index in [2.05, 4.69) is 0 Å². The average Bonchev–Trinajstić information content (AvgIpc) is 2.44. The second-order valence-electron chi connectivity index (χ2n) is 4.27. The Bertz CT molecular complexity index is 619. The Kier molecular flexibility index (Phi) is 3.79. The minimum Gasteiger partial charge on any atom is -0.508 e. The van der Waals surface area contributed by atoms with Gasteiger partial charge in [-0.2, -0.15) is 0 Å². The largest absolute Gasteiger partial charge is 0.508 e. The lowest BCUT2D eigenvalue weighted by Gasteiger charge is -2.20. The number of methoxy groups -OCH3 is 1. The number of carbonyl (C=O) groups is 1. The zero-order chi connectivity index (χ0) is 14.7. The molecule has 0 fully saturated rings. The third-order valence-electron chi connectivity index (χ3n) is 2.90. The van der Waals surface area contributed by atoms with Gasteiger partial charge in [-0.05, 0) is 24.3 Å². The van der Waals surface area contributed by atoms with E-state index in [9.17, 15) is 15.0 Å². The zero-order valence-electron chi connectivity index (χ0n) is 11.2. The first kappa shape index (κ1) is 13.7. The first-order valence-electron chi connectivity index (χ1n) is 5.97. The quantitative estimate of drug-likeness (QED) is 0.900. The minimum absolute atomic E-state index is 0.165. The van der Waals surface area contributed by atoms with Crippen LogP contribution in [-0.4, -0.2) is 30.3 Å². The SMILES string of the molecule is COc1ccccc1N(C)C(=O)c1cc(O)cc(O)c1. The van der Waals surface area contributed by atoms with Gasteiger partial charge in [0.15, 0.2) is 0 Å². The highest BCUT2D eigenvalue weighted by atomic mass is 16.5. The summed E-state index contributed by atoms with van der Waals surface area (Å²) in [7, 11) is 3.12. The number of anilines is 1. The van der Waals surface area contributed by atoms with Gasteiger partial charge in [-0.3, -0.25) is 4.79 Å². The molecule has 0 bridgehead atoms. The standard InChI is InChI=1S/C15H15NO4/c1-16(13-5-3-4-6-14(13)20-2)15(19)10-7-11(17)9-12(18)8-10/h3-9,17-18H,1-2H3. The molecule has 2 N–H and O–H groups in total. The van der Waals surface area contributed by atoms with E-state index in [0.29, 0.717) is 11.4 Å². The molecule has 5 heteroatoms. The second kappa shape index (κ2) is 5.52. The van der Waals surface area contributed by atoms with Crippen LogP contribution in [-0.2, 0) is 0 Å². The molecule has 0 radical (unpaired) electrons. The average molecular weight is 273 g/mol. The molecule has 0 spiro atoms. The molecule has 0 heterocycles. The maximum atomic E-state index is 12.4. The Morgan fingerprint density at radius 2 is 1.70 bits per heavy atom. The predicted molar refractivity (Wildman–Crippen MR) is 75.5 cm³/mol. The molecule has 2 aromatic rings. The molecule has 1 amide bonds. The Labute approximate surface area is 116 Å². The summed E-state index contributed by atoms with van der Waals surface area (Å²) in [5.74, 6) is -0.128. The van der Waals surface area contributed by atoms with E-state index >= 15 is 0 Å². The van der Waals surface area contributed by atoms with Crippen molar-refractivity contribution >= 4 is 11.6 Å². The van der Waals surface area contributed by atoms with Crippen molar-refractivity contribution in [2.24, 2.45) is 0 Å². The lowest BCUT2D eigenvalue weighted by atomic mass is 10.1. The van der Waals surface area contributed by atoms with Crippen LogP contribution in [0.15, 0.2) is 42.5 Å². The highest BCUT2D eigenvalue weighted by Gasteiger charge is 2.17. The van der Waals surface area contributed by atoms with Crippen molar-refractivity contribution in [3.05, 3.63) is 48.0 Å². The van der Waals surface area contributed by atoms with Gasteiger partial charge in [-0.15, -0.1) is 0 Å². The van der Waals surface area contributed by atoms with Gasteiger partial charge in [0.1, 0.15) is 17.2 Å². The molecule has 0 atom stereocenters. The molecular formula is C15H15NO4. The normalized spacial score (nSPS) is 10.1. The number of amides is 1. The van der Waals surface area contributed by atoms with Crippen LogP contribution in [0, 0.1) is 0 Å². The zero-order valence-corrected chi connectivity index (χ0v) is 11.2. The molecule has 2 rings (SSSR count). The van der Waals surface area contributed by atoms with Crippen LogP contribution in [0.2, 0.25) is 0 Å². The van der Waals surface area contributed by atoms with E-state index < -0.39 is 0 Å². The number of benzene rings is 2. The van der Waals surface area contributed by atoms with Crippen LogP contribution in [0.25, 0.3) is 0 Å². The number of phenols is 2. The van der Waals surface area contributed by atoms with Gasteiger partial charge in [0.2, 0.25) is 0 Å². The van der Waals surface area contributed by atoms with E-state index in [-0.39, 0.29) is 23.0 Å². The number of rotatable bonds is 3. The van der Waals surface area contributed by atoms with Gasteiger partial charge in [-0.1, -0.05) is 12.1 Å². The molecule has 2 aromatic carbocycles. The summed E-state index contributed by atoms with van der Waals surface area (Å²) < 4.78 is 5.21. The fourth-order valence-electron chi connectivity index (χ4n) is 1.93. The number of hydrogen-bond acceptors (Lipinski definition) is 4. The third kappa shape index (κ3) is 2.66. The van der Waals surface area contributed by atoms with Crippen LogP contribution in [0.4, 0.5) is 5.69 Å². The van der Waals surface area contributed by atoms with Crippen LogP contribution < -0.4 is 9.64 Å². The monoisotopic (exact) mass is 273 g/mol. The number of nitrogens with zero attached hydrogens (tertiary/aromatic N) is 1. The molecule has 0 aliphatic rings. The number of hydrogen-bond donors (Lipinski definition) is 2. The molecule has 0 aliphatic carbocycles. The minimum atomic E-state index is -0.360. The summed E-state index contributed by atoms with van der Waals surface area (Å²) in [5, 5.41) is 18.9. The molecular weight excluding hydrogens is 258 g/mol. The lowest BCUT2D eigenvalue weighted by Crippen LogP contribution is -2.26. The van der Waals surface area contributed by atoms with Crippen molar-refractivity contribution in [2.75, 3.05) is 19.1 Å². The third-order valence-corrected chi connectivity index (χ3v) is 2.90. The lowest BCUT2D eigenvalue weighted by molar-refractivity contribution is 0.0991. The van der Waals surface area contributed by atoms with Crippen LogP contribution in [0.5, 0.6) is 17.2 Å². The molecule has 0 saturated carbocycles. The summed E-state index contributed by atoms with van der Waals surface area (Å²) in [6, 6.07) is 10.9. The number of ether oxygens (including phenoxy) is 1.